The highest BCUT2D eigenvalue weighted by atomic mass is 79.9. The van der Waals surface area contributed by atoms with E-state index in [1.807, 2.05) is 48.5 Å². The van der Waals surface area contributed by atoms with E-state index < -0.39 is 0 Å². The molecule has 0 aliphatic heterocycles. The highest BCUT2D eigenvalue weighted by molar-refractivity contribution is 9.10. The molecular weight excluding hydrogens is 318 g/mol. The Labute approximate surface area is 125 Å². The summed E-state index contributed by atoms with van der Waals surface area (Å²) in [5.74, 6) is 2.32. The minimum Gasteiger partial charge on any atom is -0.497 e. The molecule has 4 heteroatoms. The molecule has 3 nitrogen and oxygen atoms in total. The van der Waals surface area contributed by atoms with Crippen LogP contribution in [0.25, 0.3) is 10.9 Å². The lowest BCUT2D eigenvalue weighted by Gasteiger charge is -2.11. The molecule has 0 aliphatic carbocycles. The van der Waals surface area contributed by atoms with Crippen LogP contribution in [0, 0.1) is 0 Å². The van der Waals surface area contributed by atoms with E-state index in [1.165, 1.54) is 0 Å². The van der Waals surface area contributed by atoms with Gasteiger partial charge < -0.3 is 9.47 Å². The first-order chi connectivity index (χ1) is 9.78. The van der Waals surface area contributed by atoms with Gasteiger partial charge in [-0.2, -0.15) is 0 Å². The summed E-state index contributed by atoms with van der Waals surface area (Å²) in [5, 5.41) is 0.970. The number of aromatic nitrogens is 1. The van der Waals surface area contributed by atoms with Crippen molar-refractivity contribution in [2.24, 2.45) is 0 Å². The van der Waals surface area contributed by atoms with Crippen molar-refractivity contribution in [3.63, 3.8) is 0 Å². The van der Waals surface area contributed by atoms with Gasteiger partial charge >= 0.3 is 0 Å². The molecule has 0 unspecified atom stereocenters. The minimum atomic E-state index is 0.753. The molecule has 2 aromatic carbocycles. The summed E-state index contributed by atoms with van der Waals surface area (Å²) in [7, 11) is 1.64. The van der Waals surface area contributed by atoms with Crippen molar-refractivity contribution in [3.8, 4) is 17.2 Å². The zero-order valence-electron chi connectivity index (χ0n) is 10.8. The number of benzene rings is 2. The maximum atomic E-state index is 5.98. The Morgan fingerprint density at radius 3 is 2.40 bits per heavy atom. The van der Waals surface area contributed by atoms with Crippen molar-refractivity contribution in [2.45, 2.75) is 0 Å². The number of rotatable bonds is 3. The fourth-order valence-corrected chi connectivity index (χ4v) is 2.35. The second kappa shape index (κ2) is 5.51. The van der Waals surface area contributed by atoms with E-state index in [0.717, 1.165) is 32.6 Å². The van der Waals surface area contributed by atoms with Crippen molar-refractivity contribution < 1.29 is 9.47 Å². The summed E-state index contributed by atoms with van der Waals surface area (Å²) in [6, 6.07) is 15.4. The first-order valence-electron chi connectivity index (χ1n) is 6.13. The minimum absolute atomic E-state index is 0.753. The zero-order valence-corrected chi connectivity index (χ0v) is 12.4. The molecule has 0 fully saturated rings. The molecule has 0 aliphatic rings. The van der Waals surface area contributed by atoms with Gasteiger partial charge in [-0.05, 0) is 52.3 Å². The predicted octanol–water partition coefficient (Wildman–Crippen LogP) is 4.80. The average Bonchev–Trinajstić information content (AvgIpc) is 2.51. The molecule has 3 rings (SSSR count). The van der Waals surface area contributed by atoms with Crippen LogP contribution in [0.5, 0.6) is 17.2 Å². The van der Waals surface area contributed by atoms with Crippen LogP contribution in [0.1, 0.15) is 0 Å². The number of hydrogen-bond acceptors (Lipinski definition) is 3. The van der Waals surface area contributed by atoms with Gasteiger partial charge in [-0.25, -0.2) is 0 Å². The van der Waals surface area contributed by atoms with Gasteiger partial charge in [-0.3, -0.25) is 4.98 Å². The Morgan fingerprint density at radius 2 is 1.65 bits per heavy atom. The Kier molecular flexibility index (Phi) is 3.56. The SMILES string of the molecule is COc1ccc(Oc2c(Br)cnc3ccccc23)cc1. The van der Waals surface area contributed by atoms with Crippen molar-refractivity contribution in [2.75, 3.05) is 7.11 Å². The Bertz CT molecular complexity index is 741. The van der Waals surface area contributed by atoms with Crippen LogP contribution in [0.2, 0.25) is 0 Å². The number of ether oxygens (including phenoxy) is 2. The quantitative estimate of drug-likeness (QED) is 0.691. The van der Waals surface area contributed by atoms with E-state index in [0.29, 0.717) is 0 Å². The van der Waals surface area contributed by atoms with Gasteiger partial charge in [0.2, 0.25) is 0 Å². The number of hydrogen-bond donors (Lipinski definition) is 0. The van der Waals surface area contributed by atoms with Gasteiger partial charge in [-0.15, -0.1) is 0 Å². The highest BCUT2D eigenvalue weighted by Crippen LogP contribution is 2.35. The van der Waals surface area contributed by atoms with Crippen LogP contribution in [0.4, 0.5) is 0 Å². The van der Waals surface area contributed by atoms with Crippen LogP contribution in [0.15, 0.2) is 59.2 Å². The molecule has 20 heavy (non-hydrogen) atoms. The van der Waals surface area contributed by atoms with Crippen LogP contribution in [-0.2, 0) is 0 Å². The van der Waals surface area contributed by atoms with Gasteiger partial charge in [0, 0.05) is 11.6 Å². The summed E-state index contributed by atoms with van der Waals surface area (Å²) in [6.45, 7) is 0. The molecule has 100 valence electrons. The number of halogens is 1. The molecule has 0 spiro atoms. The van der Waals surface area contributed by atoms with Gasteiger partial charge in [0.1, 0.15) is 11.5 Å². The third kappa shape index (κ3) is 2.47. The van der Waals surface area contributed by atoms with Gasteiger partial charge in [0.25, 0.3) is 0 Å². The third-order valence-corrected chi connectivity index (χ3v) is 3.53. The van der Waals surface area contributed by atoms with E-state index in [9.17, 15) is 0 Å². The second-order valence-electron chi connectivity index (χ2n) is 4.23. The van der Waals surface area contributed by atoms with Crippen molar-refractivity contribution in [1.82, 2.24) is 4.98 Å². The second-order valence-corrected chi connectivity index (χ2v) is 5.08. The van der Waals surface area contributed by atoms with E-state index in [1.54, 1.807) is 13.3 Å². The third-order valence-electron chi connectivity index (χ3n) is 2.96. The Morgan fingerprint density at radius 1 is 0.950 bits per heavy atom. The molecule has 0 saturated heterocycles. The molecule has 1 heterocycles. The summed E-state index contributed by atoms with van der Waals surface area (Å²) >= 11 is 3.49. The number of fused-ring (bicyclic) bond motifs is 1. The normalized spacial score (nSPS) is 10.5. The van der Waals surface area contributed by atoms with Gasteiger partial charge in [-0.1, -0.05) is 12.1 Å². The maximum Gasteiger partial charge on any atom is 0.152 e. The summed E-state index contributed by atoms with van der Waals surface area (Å²) < 4.78 is 11.9. The topological polar surface area (TPSA) is 31.4 Å². The molecule has 0 saturated carbocycles. The van der Waals surface area contributed by atoms with Gasteiger partial charge in [0.05, 0.1) is 17.1 Å². The largest absolute Gasteiger partial charge is 0.497 e. The first-order valence-corrected chi connectivity index (χ1v) is 6.92. The molecule has 3 aromatic rings. The maximum absolute atomic E-state index is 5.98. The monoisotopic (exact) mass is 329 g/mol. The molecule has 0 atom stereocenters. The molecular formula is C16H12BrNO2. The standard InChI is InChI=1S/C16H12BrNO2/c1-19-11-6-8-12(9-7-11)20-16-13-4-2-3-5-15(13)18-10-14(16)17/h2-10H,1H3. The lowest BCUT2D eigenvalue weighted by molar-refractivity contribution is 0.413. The molecule has 0 radical (unpaired) electrons. The highest BCUT2D eigenvalue weighted by Gasteiger charge is 2.09. The van der Waals surface area contributed by atoms with Crippen molar-refractivity contribution >= 4 is 26.8 Å². The number of pyridine rings is 1. The molecule has 1 aromatic heterocycles. The number of para-hydroxylation sites is 1. The average molecular weight is 330 g/mol. The zero-order chi connectivity index (χ0) is 13.9. The Balaban J connectivity index is 2.02. The van der Waals surface area contributed by atoms with Gasteiger partial charge in [0.15, 0.2) is 5.75 Å². The van der Waals surface area contributed by atoms with E-state index >= 15 is 0 Å². The van der Waals surface area contributed by atoms with E-state index in [4.69, 9.17) is 9.47 Å². The number of methoxy groups -OCH3 is 1. The fraction of sp³-hybridized carbons (Fsp3) is 0.0625. The fourth-order valence-electron chi connectivity index (χ4n) is 1.96. The summed E-state index contributed by atoms with van der Waals surface area (Å²) in [4.78, 5) is 4.36. The molecule has 0 amide bonds. The van der Waals surface area contributed by atoms with Crippen LogP contribution >= 0.6 is 15.9 Å². The van der Waals surface area contributed by atoms with Crippen LogP contribution in [-0.4, -0.2) is 12.1 Å². The van der Waals surface area contributed by atoms with Crippen molar-refractivity contribution in [1.29, 1.82) is 0 Å². The first kappa shape index (κ1) is 12.9. The lowest BCUT2D eigenvalue weighted by atomic mass is 10.2. The van der Waals surface area contributed by atoms with E-state index in [2.05, 4.69) is 20.9 Å². The predicted molar refractivity (Wildman–Crippen MR) is 82.5 cm³/mol. The van der Waals surface area contributed by atoms with Crippen molar-refractivity contribution in [3.05, 3.63) is 59.2 Å². The summed E-state index contributed by atoms with van der Waals surface area (Å²) in [5.41, 5.74) is 0.902. The smallest absolute Gasteiger partial charge is 0.152 e. The van der Waals surface area contributed by atoms with E-state index in [-0.39, 0.29) is 0 Å². The Hall–Kier alpha value is -2.07. The lowest BCUT2D eigenvalue weighted by Crippen LogP contribution is -1.90. The summed E-state index contributed by atoms with van der Waals surface area (Å²) in [6.07, 6.45) is 1.75. The number of nitrogens with zero attached hydrogens (tertiary/aromatic N) is 1. The van der Waals surface area contributed by atoms with Crippen LogP contribution < -0.4 is 9.47 Å². The molecule has 0 N–H and O–H groups in total. The van der Waals surface area contributed by atoms with Crippen LogP contribution in [0.3, 0.4) is 0 Å². The molecule has 0 bridgehead atoms.